The molecule has 0 atom stereocenters. The summed E-state index contributed by atoms with van der Waals surface area (Å²) < 4.78 is 5.71. The highest BCUT2D eigenvalue weighted by Crippen LogP contribution is 2.13. The summed E-state index contributed by atoms with van der Waals surface area (Å²) in [5.41, 5.74) is 0.992. The Hall–Kier alpha value is -1.42. The van der Waals surface area contributed by atoms with Gasteiger partial charge in [-0.2, -0.15) is 0 Å². The number of aliphatic imine (C=N–C) groups is 1. The van der Waals surface area contributed by atoms with Gasteiger partial charge < -0.3 is 19.9 Å². The van der Waals surface area contributed by atoms with E-state index in [9.17, 15) is 4.79 Å². The van der Waals surface area contributed by atoms with Crippen LogP contribution in [0.3, 0.4) is 0 Å². The third kappa shape index (κ3) is 8.30. The second kappa shape index (κ2) is 13.7. The van der Waals surface area contributed by atoms with Gasteiger partial charge in [-0.25, -0.2) is 4.99 Å². The highest BCUT2D eigenvalue weighted by atomic mass is 127. The van der Waals surface area contributed by atoms with E-state index in [0.29, 0.717) is 12.6 Å². The molecule has 0 aliphatic carbocycles. The maximum atomic E-state index is 12.4. The van der Waals surface area contributed by atoms with Gasteiger partial charge in [0.1, 0.15) is 6.54 Å². The van der Waals surface area contributed by atoms with Crippen LogP contribution in [0.25, 0.3) is 0 Å². The van der Waals surface area contributed by atoms with E-state index in [1.54, 1.807) is 11.1 Å². The number of hydrogen-bond donors (Lipinski definition) is 1. The molecule has 1 aromatic heterocycles. The Morgan fingerprint density at radius 2 is 2.11 bits per heavy atom. The summed E-state index contributed by atoms with van der Waals surface area (Å²) in [6, 6.07) is 5.84. The number of piperidine rings is 1. The van der Waals surface area contributed by atoms with E-state index in [0.717, 1.165) is 57.2 Å². The molecule has 0 unspecified atom stereocenters. The van der Waals surface area contributed by atoms with Crippen LogP contribution in [0.15, 0.2) is 29.4 Å². The number of pyridine rings is 1. The van der Waals surface area contributed by atoms with Crippen LogP contribution < -0.4 is 5.32 Å². The second-order valence-corrected chi connectivity index (χ2v) is 6.70. The SMILES string of the molecule is CCNC(=NCC(=O)N(C)CCc1ccccn1)N1CCC(OCC)CC1.I. The fourth-order valence-electron chi connectivity index (χ4n) is 3.11. The first-order valence-electron chi connectivity index (χ1n) is 9.92. The van der Waals surface area contributed by atoms with Crippen molar-refractivity contribution >= 4 is 35.8 Å². The molecule has 28 heavy (non-hydrogen) atoms. The van der Waals surface area contributed by atoms with Crippen LogP contribution in [0.4, 0.5) is 0 Å². The van der Waals surface area contributed by atoms with Crippen LogP contribution in [0.1, 0.15) is 32.4 Å². The molecule has 1 fully saturated rings. The maximum Gasteiger partial charge on any atom is 0.244 e. The summed E-state index contributed by atoms with van der Waals surface area (Å²) >= 11 is 0. The van der Waals surface area contributed by atoms with Crippen LogP contribution in [0.2, 0.25) is 0 Å². The first-order valence-corrected chi connectivity index (χ1v) is 9.92. The summed E-state index contributed by atoms with van der Waals surface area (Å²) in [7, 11) is 1.82. The zero-order chi connectivity index (χ0) is 19.5. The van der Waals surface area contributed by atoms with E-state index >= 15 is 0 Å². The van der Waals surface area contributed by atoms with E-state index < -0.39 is 0 Å². The smallest absolute Gasteiger partial charge is 0.244 e. The molecule has 0 aromatic carbocycles. The Labute approximate surface area is 186 Å². The van der Waals surface area contributed by atoms with Gasteiger partial charge in [0, 0.05) is 58.1 Å². The number of guanidine groups is 1. The fraction of sp³-hybridized carbons (Fsp3) is 0.650. The van der Waals surface area contributed by atoms with Crippen molar-refractivity contribution in [1.29, 1.82) is 0 Å². The molecular formula is C20H34IN5O2. The monoisotopic (exact) mass is 503 g/mol. The van der Waals surface area contributed by atoms with Crippen molar-refractivity contribution in [3.05, 3.63) is 30.1 Å². The number of nitrogens with one attached hydrogen (secondary N) is 1. The van der Waals surface area contributed by atoms with Crippen molar-refractivity contribution in [1.82, 2.24) is 20.1 Å². The summed E-state index contributed by atoms with van der Waals surface area (Å²) in [4.78, 5) is 25.2. The Kier molecular flexibility index (Phi) is 12.1. The molecule has 1 aliphatic heterocycles. The molecule has 0 bridgehead atoms. The number of carbonyl (C=O) groups excluding carboxylic acids is 1. The van der Waals surface area contributed by atoms with Gasteiger partial charge in [-0.05, 0) is 38.8 Å². The van der Waals surface area contributed by atoms with Crippen molar-refractivity contribution < 1.29 is 9.53 Å². The lowest BCUT2D eigenvalue weighted by Crippen LogP contribution is -2.47. The molecule has 1 saturated heterocycles. The van der Waals surface area contributed by atoms with Gasteiger partial charge in [0.05, 0.1) is 6.10 Å². The highest BCUT2D eigenvalue weighted by Gasteiger charge is 2.21. The number of likely N-dealkylation sites (N-methyl/N-ethyl adjacent to an activating group) is 1. The minimum atomic E-state index is 0. The van der Waals surface area contributed by atoms with Crippen LogP contribution in [-0.4, -0.2) is 79.1 Å². The Morgan fingerprint density at radius 3 is 2.71 bits per heavy atom. The maximum absolute atomic E-state index is 12.4. The van der Waals surface area contributed by atoms with E-state index in [-0.39, 0.29) is 36.4 Å². The van der Waals surface area contributed by atoms with Crippen molar-refractivity contribution in [3.8, 4) is 0 Å². The van der Waals surface area contributed by atoms with Gasteiger partial charge in [-0.15, -0.1) is 24.0 Å². The first-order chi connectivity index (χ1) is 13.1. The first kappa shape index (κ1) is 24.6. The molecule has 1 aliphatic rings. The minimum Gasteiger partial charge on any atom is -0.378 e. The fourth-order valence-corrected chi connectivity index (χ4v) is 3.11. The topological polar surface area (TPSA) is 70.1 Å². The van der Waals surface area contributed by atoms with Crippen LogP contribution >= 0.6 is 24.0 Å². The van der Waals surface area contributed by atoms with Crippen LogP contribution in [0.5, 0.6) is 0 Å². The highest BCUT2D eigenvalue weighted by molar-refractivity contribution is 14.0. The van der Waals surface area contributed by atoms with E-state index in [4.69, 9.17) is 4.74 Å². The third-order valence-electron chi connectivity index (χ3n) is 4.70. The zero-order valence-electron chi connectivity index (χ0n) is 17.3. The zero-order valence-corrected chi connectivity index (χ0v) is 19.6. The van der Waals surface area contributed by atoms with Crippen molar-refractivity contribution in [3.63, 3.8) is 0 Å². The number of aromatic nitrogens is 1. The number of likely N-dealkylation sites (tertiary alicyclic amines) is 1. The molecule has 2 rings (SSSR count). The molecular weight excluding hydrogens is 469 g/mol. The van der Waals surface area contributed by atoms with Gasteiger partial charge in [-0.3, -0.25) is 9.78 Å². The number of hydrogen-bond acceptors (Lipinski definition) is 4. The summed E-state index contributed by atoms with van der Waals surface area (Å²) in [6.07, 6.45) is 4.86. The Morgan fingerprint density at radius 1 is 1.36 bits per heavy atom. The average molecular weight is 503 g/mol. The lowest BCUT2D eigenvalue weighted by Gasteiger charge is -2.34. The van der Waals surface area contributed by atoms with Crippen molar-refractivity contribution in [2.45, 2.75) is 39.2 Å². The summed E-state index contributed by atoms with van der Waals surface area (Å²) in [6.45, 7) is 8.23. The van der Waals surface area contributed by atoms with Gasteiger partial charge in [-0.1, -0.05) is 6.07 Å². The number of nitrogens with zero attached hydrogens (tertiary/aromatic N) is 4. The van der Waals surface area contributed by atoms with E-state index in [2.05, 4.69) is 20.2 Å². The standard InChI is InChI=1S/C20H33N5O2.HI/c1-4-21-20(25-14-10-18(11-15-25)27-5-2)23-16-19(26)24(3)13-9-17-8-6-7-12-22-17;/h6-8,12,18H,4-5,9-11,13-16H2,1-3H3,(H,21,23);1H. The second-order valence-electron chi connectivity index (χ2n) is 6.70. The lowest BCUT2D eigenvalue weighted by atomic mass is 10.1. The number of rotatable bonds is 8. The van der Waals surface area contributed by atoms with E-state index in [1.807, 2.05) is 39.1 Å². The molecule has 1 amide bonds. The quantitative estimate of drug-likeness (QED) is 0.335. The van der Waals surface area contributed by atoms with Gasteiger partial charge in [0.15, 0.2) is 5.96 Å². The predicted octanol–water partition coefficient (Wildman–Crippen LogP) is 2.17. The van der Waals surface area contributed by atoms with Gasteiger partial charge in [0.2, 0.25) is 5.91 Å². The molecule has 2 heterocycles. The molecule has 0 spiro atoms. The molecule has 0 radical (unpaired) electrons. The molecule has 0 saturated carbocycles. The number of carbonyl (C=O) groups is 1. The van der Waals surface area contributed by atoms with Crippen LogP contribution in [-0.2, 0) is 16.0 Å². The van der Waals surface area contributed by atoms with Gasteiger partial charge >= 0.3 is 0 Å². The Bertz CT molecular complexity index is 592. The minimum absolute atomic E-state index is 0. The number of ether oxygens (including phenoxy) is 1. The van der Waals surface area contributed by atoms with Gasteiger partial charge in [0.25, 0.3) is 0 Å². The molecule has 1 N–H and O–H groups in total. The van der Waals surface area contributed by atoms with E-state index in [1.165, 1.54) is 0 Å². The summed E-state index contributed by atoms with van der Waals surface area (Å²) in [5, 5.41) is 3.31. The predicted molar refractivity (Wildman–Crippen MR) is 123 cm³/mol. The summed E-state index contributed by atoms with van der Waals surface area (Å²) in [5.74, 6) is 0.837. The lowest BCUT2D eigenvalue weighted by molar-refractivity contribution is -0.128. The molecule has 158 valence electrons. The molecule has 1 aromatic rings. The molecule has 7 nitrogen and oxygen atoms in total. The van der Waals surface area contributed by atoms with Crippen molar-refractivity contribution in [2.75, 3.05) is 46.4 Å². The number of amides is 1. The Balaban J connectivity index is 0.00000392. The number of halogens is 1. The molecule has 8 heteroatoms. The normalized spacial score (nSPS) is 15.1. The van der Waals surface area contributed by atoms with Crippen LogP contribution in [0, 0.1) is 0 Å². The largest absolute Gasteiger partial charge is 0.378 e. The van der Waals surface area contributed by atoms with Crippen molar-refractivity contribution in [2.24, 2.45) is 4.99 Å². The third-order valence-corrected chi connectivity index (χ3v) is 4.70. The average Bonchev–Trinajstić information content (AvgIpc) is 2.70.